The van der Waals surface area contributed by atoms with Crippen LogP contribution < -0.4 is 9.64 Å². The Balaban J connectivity index is 1.16. The number of rotatable bonds is 9. The van der Waals surface area contributed by atoms with Gasteiger partial charge in [-0.1, -0.05) is 24.3 Å². The summed E-state index contributed by atoms with van der Waals surface area (Å²) in [5.41, 5.74) is 1.77. The van der Waals surface area contributed by atoms with Crippen molar-refractivity contribution in [1.29, 1.82) is 0 Å². The van der Waals surface area contributed by atoms with Crippen molar-refractivity contribution in [1.82, 2.24) is 8.87 Å². The second-order valence-electron chi connectivity index (χ2n) is 8.98. The van der Waals surface area contributed by atoms with Crippen LogP contribution in [0.1, 0.15) is 12.8 Å². The molecule has 0 bridgehead atoms. The lowest BCUT2D eigenvalue weighted by Gasteiger charge is -2.36. The minimum Gasteiger partial charge on any atom is -0.494 e. The lowest BCUT2D eigenvalue weighted by molar-refractivity contribution is 0.238. The van der Waals surface area contributed by atoms with Crippen molar-refractivity contribution < 1.29 is 17.5 Å². The van der Waals surface area contributed by atoms with Crippen LogP contribution in [-0.2, 0) is 10.0 Å². The molecule has 8 heteroatoms. The van der Waals surface area contributed by atoms with E-state index in [2.05, 4.69) is 15.9 Å². The third-order valence-corrected chi connectivity index (χ3v) is 8.34. The summed E-state index contributed by atoms with van der Waals surface area (Å²) in [6, 6.07) is 22.4. The van der Waals surface area contributed by atoms with Gasteiger partial charge in [0.2, 0.25) is 0 Å². The number of hydrogen-bond acceptors (Lipinski definition) is 5. The molecular weight excluding hydrogens is 477 g/mol. The van der Waals surface area contributed by atoms with Crippen LogP contribution in [0.3, 0.4) is 0 Å². The van der Waals surface area contributed by atoms with Crippen molar-refractivity contribution in [2.45, 2.75) is 17.7 Å². The van der Waals surface area contributed by atoms with E-state index in [9.17, 15) is 12.8 Å². The molecular formula is C28H30FN3O3S. The van der Waals surface area contributed by atoms with Crippen LogP contribution >= 0.6 is 0 Å². The van der Waals surface area contributed by atoms with Gasteiger partial charge in [-0.2, -0.15) is 0 Å². The van der Waals surface area contributed by atoms with E-state index in [0.717, 1.165) is 56.6 Å². The Bertz CT molecular complexity index is 1400. The normalized spacial score (nSPS) is 14.9. The van der Waals surface area contributed by atoms with E-state index in [1.54, 1.807) is 42.6 Å². The molecule has 1 aromatic heterocycles. The molecule has 0 saturated carbocycles. The highest BCUT2D eigenvalue weighted by Crippen LogP contribution is 2.31. The highest BCUT2D eigenvalue weighted by molar-refractivity contribution is 7.90. The number of aromatic nitrogens is 1. The Kier molecular flexibility index (Phi) is 7.25. The van der Waals surface area contributed by atoms with Crippen LogP contribution in [0.25, 0.3) is 10.9 Å². The van der Waals surface area contributed by atoms with Gasteiger partial charge in [-0.25, -0.2) is 16.8 Å². The first-order valence-corrected chi connectivity index (χ1v) is 13.7. The molecule has 0 radical (unpaired) electrons. The molecule has 5 rings (SSSR count). The third kappa shape index (κ3) is 5.24. The van der Waals surface area contributed by atoms with E-state index < -0.39 is 10.0 Å². The molecule has 1 saturated heterocycles. The summed E-state index contributed by atoms with van der Waals surface area (Å²) in [6.07, 6.45) is 3.64. The van der Waals surface area contributed by atoms with E-state index in [4.69, 9.17) is 4.74 Å². The summed E-state index contributed by atoms with van der Waals surface area (Å²) >= 11 is 0. The number of fused-ring (bicyclic) bond motifs is 1. The van der Waals surface area contributed by atoms with Gasteiger partial charge in [0, 0.05) is 43.4 Å². The van der Waals surface area contributed by atoms with Crippen LogP contribution in [0.4, 0.5) is 10.1 Å². The van der Waals surface area contributed by atoms with Gasteiger partial charge in [0.25, 0.3) is 10.0 Å². The molecule has 0 amide bonds. The summed E-state index contributed by atoms with van der Waals surface area (Å²) in [4.78, 5) is 5.08. The molecule has 0 atom stereocenters. The maximum Gasteiger partial charge on any atom is 0.268 e. The van der Waals surface area contributed by atoms with Crippen molar-refractivity contribution >= 4 is 26.6 Å². The standard InChI is InChI=1S/C28H30FN3O3S/c29-23-11-13-24(14-12-23)35-22-5-4-16-30-18-20-31(21-19-30)27-9-6-10-28-26(27)15-17-32(28)36(33,34)25-7-2-1-3-8-25/h1-3,6-15,17H,4-5,16,18-22H2. The van der Waals surface area contributed by atoms with Crippen LogP contribution in [0, 0.1) is 5.82 Å². The summed E-state index contributed by atoms with van der Waals surface area (Å²) in [5.74, 6) is 0.442. The number of nitrogens with zero attached hydrogens (tertiary/aromatic N) is 3. The number of ether oxygens (including phenoxy) is 1. The zero-order valence-electron chi connectivity index (χ0n) is 20.1. The molecule has 0 spiro atoms. The minimum atomic E-state index is -3.65. The Hall–Kier alpha value is -3.36. The SMILES string of the molecule is O=S(=O)(c1ccccc1)n1ccc2c(N3CCN(CCCCOc4ccc(F)cc4)CC3)cccc21. The summed E-state index contributed by atoms with van der Waals surface area (Å²) in [7, 11) is -3.65. The molecule has 3 aromatic carbocycles. The van der Waals surface area contributed by atoms with Gasteiger partial charge in [-0.3, -0.25) is 4.90 Å². The van der Waals surface area contributed by atoms with Crippen LogP contribution in [-0.4, -0.2) is 56.6 Å². The lowest BCUT2D eigenvalue weighted by atomic mass is 10.1. The molecule has 6 nitrogen and oxygen atoms in total. The molecule has 36 heavy (non-hydrogen) atoms. The van der Waals surface area contributed by atoms with Gasteiger partial charge in [0.1, 0.15) is 11.6 Å². The Morgan fingerprint density at radius 1 is 0.806 bits per heavy atom. The van der Waals surface area contributed by atoms with Crippen LogP contribution in [0.15, 0.2) is 90.0 Å². The quantitative estimate of drug-likeness (QED) is 0.299. The summed E-state index contributed by atoms with van der Waals surface area (Å²) in [6.45, 7) is 5.33. The van der Waals surface area contributed by atoms with E-state index in [0.29, 0.717) is 17.9 Å². The van der Waals surface area contributed by atoms with E-state index in [-0.39, 0.29) is 10.7 Å². The first kappa shape index (κ1) is 24.3. The summed E-state index contributed by atoms with van der Waals surface area (Å²) in [5, 5.41) is 0.948. The number of halogens is 1. The van der Waals surface area contributed by atoms with Crippen molar-refractivity contribution in [3.05, 3.63) is 90.9 Å². The maximum atomic E-state index is 13.2. The highest BCUT2D eigenvalue weighted by Gasteiger charge is 2.22. The second kappa shape index (κ2) is 10.7. The molecule has 0 aliphatic carbocycles. The molecule has 2 heterocycles. The van der Waals surface area contributed by atoms with Gasteiger partial charge in [0.05, 0.1) is 17.0 Å². The molecule has 188 valence electrons. The average molecular weight is 508 g/mol. The van der Waals surface area contributed by atoms with Crippen molar-refractivity contribution in [2.75, 3.05) is 44.2 Å². The van der Waals surface area contributed by atoms with Gasteiger partial charge in [-0.05, 0) is 74.0 Å². The molecule has 0 unspecified atom stereocenters. The zero-order valence-corrected chi connectivity index (χ0v) is 20.9. The number of anilines is 1. The van der Waals surface area contributed by atoms with Gasteiger partial charge >= 0.3 is 0 Å². The maximum absolute atomic E-state index is 13.2. The molecule has 0 N–H and O–H groups in total. The number of piperazine rings is 1. The smallest absolute Gasteiger partial charge is 0.268 e. The largest absolute Gasteiger partial charge is 0.494 e. The third-order valence-electron chi connectivity index (χ3n) is 6.64. The fourth-order valence-corrected chi connectivity index (χ4v) is 6.06. The van der Waals surface area contributed by atoms with Crippen LogP contribution in [0.5, 0.6) is 5.75 Å². The second-order valence-corrected chi connectivity index (χ2v) is 10.8. The minimum absolute atomic E-state index is 0.257. The number of unbranched alkanes of at least 4 members (excludes halogenated alkanes) is 1. The number of benzene rings is 3. The van der Waals surface area contributed by atoms with E-state index in [1.807, 2.05) is 24.3 Å². The summed E-state index contributed by atoms with van der Waals surface area (Å²) < 4.78 is 46.4. The molecule has 1 aliphatic rings. The van der Waals surface area contributed by atoms with Gasteiger partial charge < -0.3 is 9.64 Å². The van der Waals surface area contributed by atoms with E-state index >= 15 is 0 Å². The Morgan fingerprint density at radius 3 is 2.31 bits per heavy atom. The van der Waals surface area contributed by atoms with Gasteiger partial charge in [0.15, 0.2) is 0 Å². The molecule has 1 fully saturated rings. The predicted octanol–water partition coefficient (Wildman–Crippen LogP) is 5.00. The first-order chi connectivity index (χ1) is 17.5. The first-order valence-electron chi connectivity index (χ1n) is 12.3. The van der Waals surface area contributed by atoms with Crippen LogP contribution in [0.2, 0.25) is 0 Å². The van der Waals surface area contributed by atoms with Crippen molar-refractivity contribution in [3.63, 3.8) is 0 Å². The topological polar surface area (TPSA) is 54.8 Å². The average Bonchev–Trinajstić information content (AvgIpc) is 3.36. The fraction of sp³-hybridized carbons (Fsp3) is 0.286. The van der Waals surface area contributed by atoms with E-state index in [1.165, 1.54) is 16.1 Å². The van der Waals surface area contributed by atoms with Gasteiger partial charge in [-0.15, -0.1) is 0 Å². The highest BCUT2D eigenvalue weighted by atomic mass is 32.2. The van der Waals surface area contributed by atoms with Crippen molar-refractivity contribution in [2.24, 2.45) is 0 Å². The Labute approximate surface area is 211 Å². The molecule has 4 aromatic rings. The lowest BCUT2D eigenvalue weighted by Crippen LogP contribution is -2.46. The monoisotopic (exact) mass is 507 g/mol. The zero-order chi connectivity index (χ0) is 25.0. The molecule has 1 aliphatic heterocycles. The Morgan fingerprint density at radius 2 is 1.56 bits per heavy atom. The van der Waals surface area contributed by atoms with Crippen molar-refractivity contribution in [3.8, 4) is 5.75 Å². The fourth-order valence-electron chi connectivity index (χ4n) is 4.69. The number of hydrogen-bond donors (Lipinski definition) is 0. The predicted molar refractivity (Wildman–Crippen MR) is 141 cm³/mol.